The highest BCUT2D eigenvalue weighted by Gasteiger charge is 2.26. The summed E-state index contributed by atoms with van der Waals surface area (Å²) in [5.74, 6) is -0.468. The first-order valence-electron chi connectivity index (χ1n) is 9.34. The Morgan fingerprint density at radius 3 is 2.24 bits per heavy atom. The Hall–Kier alpha value is -2.87. The quantitative estimate of drug-likeness (QED) is 0.678. The summed E-state index contributed by atoms with van der Waals surface area (Å²) in [7, 11) is -2.10. The third kappa shape index (κ3) is 5.14. The summed E-state index contributed by atoms with van der Waals surface area (Å²) in [4.78, 5) is 24.3. The highest BCUT2D eigenvalue weighted by Crippen LogP contribution is 2.31. The van der Waals surface area contributed by atoms with Gasteiger partial charge < -0.3 is 15.4 Å². The Labute approximate surface area is 171 Å². The van der Waals surface area contributed by atoms with E-state index >= 15 is 0 Å². The predicted molar refractivity (Wildman–Crippen MR) is 113 cm³/mol. The van der Waals surface area contributed by atoms with Crippen LogP contribution < -0.4 is 15.4 Å². The van der Waals surface area contributed by atoms with E-state index in [0.29, 0.717) is 24.3 Å². The van der Waals surface area contributed by atoms with E-state index in [0.717, 1.165) is 0 Å². The zero-order valence-corrected chi connectivity index (χ0v) is 17.8. The molecule has 0 saturated carbocycles. The fourth-order valence-electron chi connectivity index (χ4n) is 3.05. The number of anilines is 2. The van der Waals surface area contributed by atoms with E-state index < -0.39 is 21.0 Å². The molecule has 2 aromatic rings. The third-order valence-electron chi connectivity index (χ3n) is 4.58. The van der Waals surface area contributed by atoms with Crippen LogP contribution in [0.15, 0.2) is 47.4 Å². The van der Waals surface area contributed by atoms with Crippen molar-refractivity contribution in [3.8, 4) is 5.75 Å². The minimum atomic E-state index is -3.54. The highest BCUT2D eigenvalue weighted by molar-refractivity contribution is 7.92. The number of nitrogens with one attached hydrogen (secondary N) is 2. The molecule has 2 rings (SSSR count). The predicted octanol–water partition coefficient (Wildman–Crippen LogP) is 3.87. The molecule has 8 heteroatoms. The number of benzene rings is 2. The van der Waals surface area contributed by atoms with Crippen molar-refractivity contribution in [2.45, 2.75) is 43.8 Å². The van der Waals surface area contributed by atoms with Crippen LogP contribution >= 0.6 is 0 Å². The van der Waals surface area contributed by atoms with Crippen LogP contribution in [0.2, 0.25) is 0 Å². The van der Waals surface area contributed by atoms with Gasteiger partial charge >= 0.3 is 0 Å². The van der Waals surface area contributed by atoms with Crippen LogP contribution in [0.5, 0.6) is 5.75 Å². The van der Waals surface area contributed by atoms with Gasteiger partial charge in [0.05, 0.1) is 34.2 Å². The average molecular weight is 419 g/mol. The number of carbonyl (C=O) groups is 2. The first kappa shape index (κ1) is 22.4. The van der Waals surface area contributed by atoms with Crippen LogP contribution in [-0.2, 0) is 14.6 Å². The van der Waals surface area contributed by atoms with E-state index in [-0.39, 0.29) is 22.1 Å². The van der Waals surface area contributed by atoms with Crippen molar-refractivity contribution in [2.24, 2.45) is 0 Å². The monoisotopic (exact) mass is 418 g/mol. The summed E-state index contributed by atoms with van der Waals surface area (Å²) in [5, 5.41) is 4.81. The smallest absolute Gasteiger partial charge is 0.257 e. The summed E-state index contributed by atoms with van der Waals surface area (Å²) in [6.45, 7) is 5.01. The van der Waals surface area contributed by atoms with Crippen molar-refractivity contribution in [2.75, 3.05) is 17.7 Å². The molecular weight excluding hydrogens is 392 g/mol. The van der Waals surface area contributed by atoms with Gasteiger partial charge in [0.15, 0.2) is 9.84 Å². The number of amides is 2. The molecule has 29 heavy (non-hydrogen) atoms. The van der Waals surface area contributed by atoms with Crippen LogP contribution in [0.4, 0.5) is 11.4 Å². The molecule has 2 aromatic carbocycles. The SMILES string of the molecule is CCC(CC)S(=O)(=O)c1ccc(OC)c(NC(=O)c2ccccc2NC(C)=O)c1. The maximum Gasteiger partial charge on any atom is 0.257 e. The van der Waals surface area contributed by atoms with Crippen LogP contribution in [0.25, 0.3) is 0 Å². The Morgan fingerprint density at radius 2 is 1.66 bits per heavy atom. The molecule has 0 saturated heterocycles. The van der Waals surface area contributed by atoms with Crippen molar-refractivity contribution >= 4 is 33.0 Å². The first-order chi connectivity index (χ1) is 13.7. The number of para-hydroxylation sites is 1. The van der Waals surface area contributed by atoms with E-state index in [2.05, 4.69) is 10.6 Å². The lowest BCUT2D eigenvalue weighted by Crippen LogP contribution is -2.20. The fraction of sp³-hybridized carbons (Fsp3) is 0.333. The fourth-order valence-corrected chi connectivity index (χ4v) is 4.85. The van der Waals surface area contributed by atoms with E-state index in [9.17, 15) is 18.0 Å². The van der Waals surface area contributed by atoms with Gasteiger partial charge in [-0.2, -0.15) is 0 Å². The Morgan fingerprint density at radius 1 is 1.00 bits per heavy atom. The van der Waals surface area contributed by atoms with Gasteiger partial charge in [0.2, 0.25) is 5.91 Å². The van der Waals surface area contributed by atoms with Gasteiger partial charge in [-0.25, -0.2) is 8.42 Å². The molecule has 0 bridgehead atoms. The lowest BCUT2D eigenvalue weighted by molar-refractivity contribution is -0.114. The minimum Gasteiger partial charge on any atom is -0.495 e. The molecule has 0 atom stereocenters. The van der Waals surface area contributed by atoms with Gasteiger partial charge in [-0.3, -0.25) is 9.59 Å². The van der Waals surface area contributed by atoms with Crippen LogP contribution in [0.3, 0.4) is 0 Å². The molecule has 0 aliphatic rings. The van der Waals surface area contributed by atoms with E-state index in [1.54, 1.807) is 24.3 Å². The molecule has 0 aliphatic heterocycles. The molecule has 0 fully saturated rings. The first-order valence-corrected chi connectivity index (χ1v) is 10.9. The second-order valence-corrected chi connectivity index (χ2v) is 8.75. The van der Waals surface area contributed by atoms with Crippen molar-refractivity contribution < 1.29 is 22.7 Å². The van der Waals surface area contributed by atoms with Crippen molar-refractivity contribution in [1.29, 1.82) is 0 Å². The lowest BCUT2D eigenvalue weighted by atomic mass is 10.1. The molecule has 0 heterocycles. The number of ether oxygens (including phenoxy) is 1. The maximum absolute atomic E-state index is 12.9. The number of carbonyl (C=O) groups excluding carboxylic acids is 2. The van der Waals surface area contributed by atoms with Gasteiger partial charge in [0, 0.05) is 6.92 Å². The van der Waals surface area contributed by atoms with Crippen molar-refractivity contribution in [1.82, 2.24) is 0 Å². The topological polar surface area (TPSA) is 102 Å². The van der Waals surface area contributed by atoms with Gasteiger partial charge in [-0.05, 0) is 43.2 Å². The Kier molecular flexibility index (Phi) is 7.39. The van der Waals surface area contributed by atoms with Crippen LogP contribution in [0.1, 0.15) is 44.0 Å². The minimum absolute atomic E-state index is 0.123. The standard InChI is InChI=1S/C21H26N2O5S/c1-5-15(6-2)29(26,27)16-11-12-20(28-4)19(13-16)23-21(25)17-9-7-8-10-18(17)22-14(3)24/h7-13,15H,5-6H2,1-4H3,(H,22,24)(H,23,25). The molecule has 7 nitrogen and oxygen atoms in total. The molecule has 2 N–H and O–H groups in total. The van der Waals surface area contributed by atoms with Crippen molar-refractivity contribution in [3.63, 3.8) is 0 Å². The average Bonchev–Trinajstić information content (AvgIpc) is 2.68. The normalized spacial score (nSPS) is 11.2. The van der Waals surface area contributed by atoms with E-state index in [1.807, 2.05) is 13.8 Å². The van der Waals surface area contributed by atoms with Gasteiger partial charge in [0.25, 0.3) is 5.91 Å². The second kappa shape index (κ2) is 9.56. The van der Waals surface area contributed by atoms with Crippen molar-refractivity contribution in [3.05, 3.63) is 48.0 Å². The zero-order valence-electron chi connectivity index (χ0n) is 17.0. The summed E-state index contributed by atoms with van der Waals surface area (Å²) in [6, 6.07) is 11.0. The number of sulfone groups is 1. The maximum atomic E-state index is 12.9. The lowest BCUT2D eigenvalue weighted by Gasteiger charge is -2.17. The molecule has 0 spiro atoms. The summed E-state index contributed by atoms with van der Waals surface area (Å²) in [5.41, 5.74) is 0.845. The van der Waals surface area contributed by atoms with Crippen LogP contribution in [-0.4, -0.2) is 32.6 Å². The number of hydrogen-bond donors (Lipinski definition) is 2. The summed E-state index contributed by atoms with van der Waals surface area (Å²) >= 11 is 0. The van der Waals surface area contributed by atoms with Gasteiger partial charge in [-0.1, -0.05) is 26.0 Å². The van der Waals surface area contributed by atoms with E-state index in [1.165, 1.54) is 32.2 Å². The van der Waals surface area contributed by atoms with E-state index in [4.69, 9.17) is 4.74 Å². The number of methoxy groups -OCH3 is 1. The molecular formula is C21H26N2O5S. The molecule has 2 amide bonds. The summed E-state index contributed by atoms with van der Waals surface area (Å²) in [6.07, 6.45) is 0.993. The molecule has 0 aliphatic carbocycles. The largest absolute Gasteiger partial charge is 0.495 e. The second-order valence-electron chi connectivity index (χ2n) is 6.53. The highest BCUT2D eigenvalue weighted by atomic mass is 32.2. The molecule has 0 unspecified atom stereocenters. The Bertz CT molecular complexity index is 998. The van der Waals surface area contributed by atoms with Crippen LogP contribution in [0, 0.1) is 0 Å². The molecule has 0 radical (unpaired) electrons. The van der Waals surface area contributed by atoms with Gasteiger partial charge in [-0.15, -0.1) is 0 Å². The molecule has 0 aromatic heterocycles. The molecule has 156 valence electrons. The number of hydrogen-bond acceptors (Lipinski definition) is 5. The Balaban J connectivity index is 2.43. The number of rotatable bonds is 8. The third-order valence-corrected chi connectivity index (χ3v) is 7.03. The van der Waals surface area contributed by atoms with Gasteiger partial charge in [0.1, 0.15) is 5.75 Å². The zero-order chi connectivity index (χ0) is 21.6. The summed E-state index contributed by atoms with van der Waals surface area (Å²) < 4.78 is 31.0.